The van der Waals surface area contributed by atoms with Crippen LogP contribution in [0, 0.1) is 11.3 Å². The number of fused-ring (bicyclic) bond motifs is 1. The number of anilines is 4. The predicted octanol–water partition coefficient (Wildman–Crippen LogP) is 3.66. The van der Waals surface area contributed by atoms with Crippen LogP contribution in [-0.4, -0.2) is 80.1 Å². The molecule has 0 spiro atoms. The number of ether oxygens (including phenoxy) is 1. The number of carbonyl (C=O) groups is 2. The Morgan fingerprint density at radius 3 is 2.64 bits per heavy atom. The molecule has 2 aliphatic heterocycles. The molecule has 1 atom stereocenters. The van der Waals surface area contributed by atoms with Crippen LogP contribution in [-0.2, 0) is 4.79 Å². The molecule has 0 bridgehead atoms. The first kappa shape index (κ1) is 27.2. The summed E-state index contributed by atoms with van der Waals surface area (Å²) >= 11 is 0. The highest BCUT2D eigenvalue weighted by atomic mass is 16.5. The lowest BCUT2D eigenvalue weighted by Crippen LogP contribution is -2.45. The number of methoxy groups -OCH3 is 1. The lowest BCUT2D eigenvalue weighted by Gasteiger charge is -2.34. The first-order chi connectivity index (χ1) is 18.7. The maximum absolute atomic E-state index is 13.2. The van der Waals surface area contributed by atoms with Crippen molar-refractivity contribution in [1.29, 1.82) is 0 Å². The third-order valence-electron chi connectivity index (χ3n) is 8.35. The van der Waals surface area contributed by atoms with E-state index in [0.717, 1.165) is 43.9 Å². The molecule has 2 aromatic rings. The molecule has 5 rings (SSSR count). The Kier molecular flexibility index (Phi) is 7.66. The SMILES string of the molecule is COc1cc(C(=O)NCC2CCN(C)C2)ccc1Nc1ncc2c(n1)N(C1CCCC1)CC(C)(C)C(=O)N2C. The van der Waals surface area contributed by atoms with Gasteiger partial charge < -0.3 is 30.1 Å². The van der Waals surface area contributed by atoms with Crippen molar-refractivity contribution in [2.75, 3.05) is 62.5 Å². The van der Waals surface area contributed by atoms with E-state index in [2.05, 4.69) is 32.5 Å². The number of benzene rings is 1. The molecule has 210 valence electrons. The highest BCUT2D eigenvalue weighted by Gasteiger charge is 2.41. The summed E-state index contributed by atoms with van der Waals surface area (Å²) in [7, 11) is 5.49. The van der Waals surface area contributed by atoms with Gasteiger partial charge in [0.05, 0.1) is 24.4 Å². The van der Waals surface area contributed by atoms with Crippen LogP contribution in [0.25, 0.3) is 0 Å². The Labute approximate surface area is 231 Å². The fourth-order valence-electron chi connectivity index (χ4n) is 6.11. The van der Waals surface area contributed by atoms with E-state index in [-0.39, 0.29) is 11.8 Å². The normalized spacial score (nSPS) is 21.6. The highest BCUT2D eigenvalue weighted by molar-refractivity contribution is 6.01. The quantitative estimate of drug-likeness (QED) is 0.554. The van der Waals surface area contributed by atoms with Gasteiger partial charge in [-0.1, -0.05) is 12.8 Å². The molecule has 2 N–H and O–H groups in total. The highest BCUT2D eigenvalue weighted by Crippen LogP contribution is 2.40. The Hall–Kier alpha value is -3.40. The summed E-state index contributed by atoms with van der Waals surface area (Å²) in [5.41, 5.74) is 1.38. The van der Waals surface area contributed by atoms with Crippen molar-refractivity contribution in [2.45, 2.75) is 52.0 Å². The number of nitrogens with zero attached hydrogens (tertiary/aromatic N) is 5. The minimum absolute atomic E-state index is 0.0593. The molecule has 2 fully saturated rings. The number of amides is 2. The molecule has 3 heterocycles. The Balaban J connectivity index is 1.37. The summed E-state index contributed by atoms with van der Waals surface area (Å²) < 4.78 is 5.63. The van der Waals surface area contributed by atoms with E-state index >= 15 is 0 Å². The standard InChI is InChI=1S/C29H41N7O3/c1-29(2)18-36(21-8-6-7-9-21)25-23(35(4)27(29)38)16-31-28(33-25)32-22-11-10-20(14-24(22)39-5)26(37)30-15-19-12-13-34(3)17-19/h10-11,14,16,19,21H,6-9,12-13,15,17-18H2,1-5H3,(H,30,37)(H,31,32,33). The first-order valence-electron chi connectivity index (χ1n) is 14.0. The largest absolute Gasteiger partial charge is 0.495 e. The average molecular weight is 536 g/mol. The molecular weight excluding hydrogens is 494 g/mol. The predicted molar refractivity (Wildman–Crippen MR) is 153 cm³/mol. The van der Waals surface area contributed by atoms with Crippen molar-refractivity contribution in [3.8, 4) is 5.75 Å². The smallest absolute Gasteiger partial charge is 0.251 e. The minimum Gasteiger partial charge on any atom is -0.495 e. The van der Waals surface area contributed by atoms with E-state index < -0.39 is 5.41 Å². The number of likely N-dealkylation sites (tertiary alicyclic amines) is 1. The van der Waals surface area contributed by atoms with E-state index in [1.165, 1.54) is 12.8 Å². The molecule has 1 saturated heterocycles. The van der Waals surface area contributed by atoms with Crippen LogP contribution in [0.3, 0.4) is 0 Å². The molecule has 1 aromatic carbocycles. The number of hydrogen-bond donors (Lipinski definition) is 2. The molecule has 3 aliphatic rings. The Morgan fingerprint density at radius 2 is 1.95 bits per heavy atom. The van der Waals surface area contributed by atoms with Crippen LogP contribution in [0.2, 0.25) is 0 Å². The van der Waals surface area contributed by atoms with Crippen LogP contribution in [0.4, 0.5) is 23.1 Å². The van der Waals surface area contributed by atoms with Gasteiger partial charge in [-0.05, 0) is 70.8 Å². The Morgan fingerprint density at radius 1 is 1.18 bits per heavy atom. The van der Waals surface area contributed by atoms with Gasteiger partial charge in [0.25, 0.3) is 5.91 Å². The fraction of sp³-hybridized carbons (Fsp3) is 0.586. The van der Waals surface area contributed by atoms with Gasteiger partial charge in [0, 0.05) is 38.3 Å². The summed E-state index contributed by atoms with van der Waals surface area (Å²) in [6, 6.07) is 5.69. The zero-order chi connectivity index (χ0) is 27.7. The first-order valence-corrected chi connectivity index (χ1v) is 14.0. The topological polar surface area (TPSA) is 103 Å². The van der Waals surface area contributed by atoms with Gasteiger partial charge >= 0.3 is 0 Å². The van der Waals surface area contributed by atoms with E-state index in [1.807, 2.05) is 19.9 Å². The van der Waals surface area contributed by atoms with Crippen LogP contribution >= 0.6 is 0 Å². The molecule has 10 heteroatoms. The molecule has 0 radical (unpaired) electrons. The molecule has 1 saturated carbocycles. The summed E-state index contributed by atoms with van der Waals surface area (Å²) in [5, 5.41) is 6.35. The van der Waals surface area contributed by atoms with Gasteiger partial charge in [-0.25, -0.2) is 4.98 Å². The second-order valence-electron chi connectivity index (χ2n) is 11.9. The number of nitrogens with one attached hydrogen (secondary N) is 2. The van der Waals surface area contributed by atoms with E-state index in [1.54, 1.807) is 37.4 Å². The number of rotatable bonds is 7. The van der Waals surface area contributed by atoms with Crippen molar-refractivity contribution in [3.05, 3.63) is 30.0 Å². The summed E-state index contributed by atoms with van der Waals surface area (Å²) in [6.07, 6.45) is 7.38. The van der Waals surface area contributed by atoms with E-state index in [9.17, 15) is 9.59 Å². The monoisotopic (exact) mass is 535 g/mol. The van der Waals surface area contributed by atoms with E-state index in [4.69, 9.17) is 9.72 Å². The third-order valence-corrected chi connectivity index (χ3v) is 8.35. The maximum atomic E-state index is 13.2. The number of aromatic nitrogens is 2. The van der Waals surface area contributed by atoms with Crippen LogP contribution in [0.1, 0.15) is 56.3 Å². The van der Waals surface area contributed by atoms with Crippen molar-refractivity contribution in [1.82, 2.24) is 20.2 Å². The van der Waals surface area contributed by atoms with Crippen molar-refractivity contribution in [3.63, 3.8) is 0 Å². The fourth-order valence-corrected chi connectivity index (χ4v) is 6.11. The van der Waals surface area contributed by atoms with Gasteiger partial charge in [-0.3, -0.25) is 9.59 Å². The van der Waals surface area contributed by atoms with E-state index in [0.29, 0.717) is 48.0 Å². The van der Waals surface area contributed by atoms with Crippen molar-refractivity contribution in [2.24, 2.45) is 11.3 Å². The van der Waals surface area contributed by atoms with Gasteiger partial charge in [0.1, 0.15) is 11.4 Å². The van der Waals surface area contributed by atoms with Crippen molar-refractivity contribution >= 4 is 35.0 Å². The average Bonchev–Trinajstić information content (AvgIpc) is 3.60. The summed E-state index contributed by atoms with van der Waals surface area (Å²) in [6.45, 7) is 7.35. The second kappa shape index (κ2) is 11.0. The Bertz CT molecular complexity index is 1230. The van der Waals surface area contributed by atoms with Gasteiger partial charge in [0.2, 0.25) is 11.9 Å². The van der Waals surface area contributed by atoms with Gasteiger partial charge in [-0.15, -0.1) is 0 Å². The van der Waals surface area contributed by atoms with Crippen molar-refractivity contribution < 1.29 is 14.3 Å². The number of hydrogen-bond acceptors (Lipinski definition) is 8. The van der Waals surface area contributed by atoms with Crippen LogP contribution in [0.15, 0.2) is 24.4 Å². The lowest BCUT2D eigenvalue weighted by molar-refractivity contribution is -0.125. The maximum Gasteiger partial charge on any atom is 0.251 e. The molecule has 1 unspecified atom stereocenters. The zero-order valence-electron chi connectivity index (χ0n) is 23.8. The molecular formula is C29H41N7O3. The van der Waals surface area contributed by atoms with Crippen LogP contribution < -0.4 is 25.2 Å². The summed E-state index contributed by atoms with van der Waals surface area (Å²) in [4.78, 5) is 41.8. The molecule has 39 heavy (non-hydrogen) atoms. The number of carbonyl (C=O) groups excluding carboxylic acids is 2. The van der Waals surface area contributed by atoms with Gasteiger partial charge in [0.15, 0.2) is 5.82 Å². The molecule has 10 nitrogen and oxygen atoms in total. The third kappa shape index (κ3) is 5.66. The zero-order valence-corrected chi connectivity index (χ0v) is 23.8. The molecule has 2 amide bonds. The van der Waals surface area contributed by atoms with Crippen LogP contribution in [0.5, 0.6) is 5.75 Å². The van der Waals surface area contributed by atoms with Gasteiger partial charge in [-0.2, -0.15) is 4.98 Å². The molecule has 1 aromatic heterocycles. The summed E-state index contributed by atoms with van der Waals surface area (Å²) in [5.74, 6) is 2.15. The second-order valence-corrected chi connectivity index (χ2v) is 11.9. The lowest BCUT2D eigenvalue weighted by atomic mass is 9.91. The minimum atomic E-state index is -0.543. The molecule has 1 aliphatic carbocycles.